The Morgan fingerprint density at radius 2 is 1.30 bits per heavy atom. The molecule has 0 aliphatic carbocycles. The molecule has 2 aliphatic heterocycles. The molecule has 4 amide bonds. The lowest BCUT2D eigenvalue weighted by molar-refractivity contribution is 0.0946. The molecule has 15 heteroatoms. The molecule has 2 aromatic carbocycles. The van der Waals surface area contributed by atoms with Crippen LogP contribution in [-0.4, -0.2) is 94.8 Å². The number of rotatable bonds is 13. The highest BCUT2D eigenvalue weighted by Crippen LogP contribution is 2.30. The van der Waals surface area contributed by atoms with Crippen molar-refractivity contribution in [3.63, 3.8) is 0 Å². The minimum absolute atomic E-state index is 0.0119. The standard InChI is InChI=1S/C39H45Cl2N9O4/c1-2-50-38(53)34(45-39(54)46-35-31(40)24-42-25-32(35)41)23-33(47-50)27-10-8-9-26(19-27)28-20-29(36(51)43-11-17-48-13-4-3-5-14-48)22-30(21-28)37(52)44-12-18-49-15-6-7-16-49/h8-10,19-25H,2-7,11-18H2,1H3,(H,43,51)(H,44,52)(H2,42,45,46,54). The van der Waals surface area contributed by atoms with Crippen molar-refractivity contribution in [3.05, 3.63) is 92.5 Å². The topological polar surface area (TPSA) is 154 Å². The Kier molecular flexibility index (Phi) is 13.3. The Labute approximate surface area is 324 Å². The number of aryl methyl sites for hydroxylation is 1. The van der Waals surface area contributed by atoms with Gasteiger partial charge in [-0.2, -0.15) is 5.10 Å². The number of nitrogens with zero attached hydrogens (tertiary/aromatic N) is 5. The van der Waals surface area contributed by atoms with Gasteiger partial charge in [0.1, 0.15) is 5.69 Å². The molecule has 0 radical (unpaired) electrons. The van der Waals surface area contributed by atoms with Gasteiger partial charge in [-0.3, -0.25) is 19.4 Å². The Bertz CT molecular complexity index is 2020. The molecule has 2 saturated heterocycles. The number of hydrogen-bond acceptors (Lipinski definition) is 8. The number of hydrogen-bond donors (Lipinski definition) is 4. The van der Waals surface area contributed by atoms with E-state index in [1.807, 2.05) is 24.3 Å². The van der Waals surface area contributed by atoms with E-state index in [0.29, 0.717) is 41.0 Å². The number of benzene rings is 2. The molecule has 0 saturated carbocycles. The maximum atomic E-state index is 13.5. The van der Waals surface area contributed by atoms with Crippen molar-refractivity contribution in [2.45, 2.75) is 45.6 Å². The number of likely N-dealkylation sites (tertiary alicyclic amines) is 2. The average Bonchev–Trinajstić information content (AvgIpc) is 3.71. The van der Waals surface area contributed by atoms with Crippen molar-refractivity contribution in [1.29, 1.82) is 0 Å². The zero-order valence-electron chi connectivity index (χ0n) is 30.3. The molecule has 4 aromatic rings. The predicted octanol–water partition coefficient (Wildman–Crippen LogP) is 5.98. The molecule has 54 heavy (non-hydrogen) atoms. The Morgan fingerprint density at radius 3 is 1.89 bits per heavy atom. The van der Waals surface area contributed by atoms with Crippen molar-refractivity contribution in [3.8, 4) is 22.4 Å². The van der Waals surface area contributed by atoms with E-state index in [2.05, 4.69) is 41.1 Å². The summed E-state index contributed by atoms with van der Waals surface area (Å²) in [5, 5.41) is 16.1. The number of amides is 4. The number of carbonyl (C=O) groups excluding carboxylic acids is 3. The van der Waals surface area contributed by atoms with Crippen LogP contribution < -0.4 is 26.8 Å². The number of anilines is 2. The molecular formula is C39H45Cl2N9O4. The lowest BCUT2D eigenvalue weighted by atomic mass is 9.97. The number of halogens is 2. The van der Waals surface area contributed by atoms with Gasteiger partial charge >= 0.3 is 6.03 Å². The highest BCUT2D eigenvalue weighted by Gasteiger charge is 2.19. The fraction of sp³-hybridized carbons (Fsp3) is 0.385. The van der Waals surface area contributed by atoms with Crippen molar-refractivity contribution in [1.82, 2.24) is 35.2 Å². The molecular weight excluding hydrogens is 729 g/mol. The molecule has 2 fully saturated rings. The van der Waals surface area contributed by atoms with Crippen LogP contribution in [0, 0.1) is 0 Å². The van der Waals surface area contributed by atoms with E-state index in [-0.39, 0.29) is 39.8 Å². The summed E-state index contributed by atoms with van der Waals surface area (Å²) in [5.41, 5.74) is 2.86. The summed E-state index contributed by atoms with van der Waals surface area (Å²) in [5.74, 6) is -0.509. The maximum Gasteiger partial charge on any atom is 0.323 e. The third-order valence-corrected chi connectivity index (χ3v) is 10.2. The normalized spacial score (nSPS) is 14.8. The fourth-order valence-corrected chi connectivity index (χ4v) is 7.21. The molecule has 0 bridgehead atoms. The Hall–Kier alpha value is -4.82. The second-order valence-corrected chi connectivity index (χ2v) is 14.3. The Balaban J connectivity index is 1.26. The summed E-state index contributed by atoms with van der Waals surface area (Å²) < 4.78 is 1.25. The van der Waals surface area contributed by atoms with Crippen LogP contribution in [0.25, 0.3) is 22.4 Å². The molecule has 6 rings (SSSR count). The van der Waals surface area contributed by atoms with E-state index < -0.39 is 11.6 Å². The van der Waals surface area contributed by atoms with Crippen molar-refractivity contribution < 1.29 is 14.4 Å². The van der Waals surface area contributed by atoms with E-state index >= 15 is 0 Å². The second kappa shape index (κ2) is 18.5. The molecule has 0 spiro atoms. The number of aromatic nitrogens is 3. The van der Waals surface area contributed by atoms with Gasteiger partial charge in [0, 0.05) is 61.8 Å². The first kappa shape index (κ1) is 38.9. The lowest BCUT2D eigenvalue weighted by Crippen LogP contribution is -2.37. The van der Waals surface area contributed by atoms with Gasteiger partial charge in [0.15, 0.2) is 0 Å². The van der Waals surface area contributed by atoms with E-state index in [1.165, 1.54) is 55.2 Å². The summed E-state index contributed by atoms with van der Waals surface area (Å²) in [6.07, 6.45) is 8.61. The van der Waals surface area contributed by atoms with Crippen molar-refractivity contribution in [2.75, 3.05) is 63.0 Å². The van der Waals surface area contributed by atoms with Gasteiger partial charge < -0.3 is 31.1 Å². The number of carbonyl (C=O) groups is 3. The summed E-state index contributed by atoms with van der Waals surface area (Å²) in [7, 11) is 0. The smallest absolute Gasteiger partial charge is 0.323 e. The largest absolute Gasteiger partial charge is 0.351 e. The maximum absolute atomic E-state index is 13.5. The lowest BCUT2D eigenvalue weighted by Gasteiger charge is -2.26. The molecule has 284 valence electrons. The van der Waals surface area contributed by atoms with Crippen molar-refractivity contribution in [2.24, 2.45) is 0 Å². The van der Waals surface area contributed by atoms with Crippen LogP contribution in [0.15, 0.2) is 65.7 Å². The monoisotopic (exact) mass is 773 g/mol. The molecule has 0 atom stereocenters. The summed E-state index contributed by atoms with van der Waals surface area (Å²) in [6, 6.07) is 13.4. The molecule has 2 aliphatic rings. The number of nitrogens with one attached hydrogen (secondary N) is 4. The first-order valence-electron chi connectivity index (χ1n) is 18.4. The van der Waals surface area contributed by atoms with Crippen LogP contribution in [0.1, 0.15) is 59.7 Å². The highest BCUT2D eigenvalue weighted by atomic mass is 35.5. The zero-order valence-corrected chi connectivity index (χ0v) is 31.8. The van der Waals surface area contributed by atoms with Crippen LogP contribution >= 0.6 is 23.2 Å². The minimum Gasteiger partial charge on any atom is -0.351 e. The summed E-state index contributed by atoms with van der Waals surface area (Å²) >= 11 is 12.3. The molecule has 0 unspecified atom stereocenters. The van der Waals surface area contributed by atoms with Gasteiger partial charge in [0.05, 0.1) is 21.4 Å². The minimum atomic E-state index is -0.729. The number of urea groups is 1. The highest BCUT2D eigenvalue weighted by molar-refractivity contribution is 6.39. The molecule has 13 nitrogen and oxygen atoms in total. The second-order valence-electron chi connectivity index (χ2n) is 13.5. The van der Waals surface area contributed by atoms with Crippen LogP contribution in [0.3, 0.4) is 0 Å². The number of pyridine rings is 1. The first-order valence-corrected chi connectivity index (χ1v) is 19.2. The van der Waals surface area contributed by atoms with Gasteiger partial charge in [0.2, 0.25) is 0 Å². The van der Waals surface area contributed by atoms with Crippen LogP contribution in [0.5, 0.6) is 0 Å². The van der Waals surface area contributed by atoms with Crippen molar-refractivity contribution >= 4 is 52.4 Å². The van der Waals surface area contributed by atoms with Gasteiger partial charge in [-0.05, 0) is 100 Å². The summed E-state index contributed by atoms with van der Waals surface area (Å²) in [4.78, 5) is 61.8. The molecule has 4 N–H and O–H groups in total. The van der Waals surface area contributed by atoms with Gasteiger partial charge in [-0.15, -0.1) is 0 Å². The number of piperidine rings is 1. The quantitative estimate of drug-likeness (QED) is 0.129. The van der Waals surface area contributed by atoms with E-state index in [9.17, 15) is 19.2 Å². The van der Waals surface area contributed by atoms with Crippen LogP contribution in [-0.2, 0) is 6.54 Å². The van der Waals surface area contributed by atoms with E-state index in [1.54, 1.807) is 25.1 Å². The molecule has 2 aromatic heterocycles. The molecule has 4 heterocycles. The Morgan fingerprint density at radius 1 is 0.722 bits per heavy atom. The van der Waals surface area contributed by atoms with Crippen LogP contribution in [0.4, 0.5) is 16.2 Å². The predicted molar refractivity (Wildman–Crippen MR) is 213 cm³/mol. The van der Waals surface area contributed by atoms with Gasteiger partial charge in [-0.1, -0.05) is 47.8 Å². The fourth-order valence-electron chi connectivity index (χ4n) is 6.75. The third-order valence-electron chi connectivity index (χ3n) is 9.64. The average molecular weight is 775 g/mol. The third kappa shape index (κ3) is 10.0. The van der Waals surface area contributed by atoms with E-state index in [0.717, 1.165) is 44.8 Å². The van der Waals surface area contributed by atoms with Gasteiger partial charge in [0.25, 0.3) is 17.4 Å². The SMILES string of the molecule is CCn1nc(-c2cccc(-c3cc(C(=O)NCCN4CCCCC4)cc(C(=O)NCCN4CCCC4)c3)c2)cc(NC(=O)Nc2c(Cl)cncc2Cl)c1=O. The van der Waals surface area contributed by atoms with Gasteiger partial charge in [-0.25, -0.2) is 9.48 Å². The zero-order chi connectivity index (χ0) is 38.0. The summed E-state index contributed by atoms with van der Waals surface area (Å²) in [6.45, 7) is 8.72. The van der Waals surface area contributed by atoms with E-state index in [4.69, 9.17) is 23.2 Å². The van der Waals surface area contributed by atoms with Crippen LogP contribution in [0.2, 0.25) is 10.0 Å². The first-order chi connectivity index (χ1) is 26.2.